The van der Waals surface area contributed by atoms with E-state index in [9.17, 15) is 4.79 Å². The van der Waals surface area contributed by atoms with Crippen LogP contribution in [0.2, 0.25) is 0 Å². The topological polar surface area (TPSA) is 55.8 Å². The first-order valence-corrected chi connectivity index (χ1v) is 6.32. The van der Waals surface area contributed by atoms with Crippen LogP contribution in [0.4, 0.5) is 0 Å². The maximum absolute atomic E-state index is 11.0. The van der Waals surface area contributed by atoms with E-state index in [4.69, 9.17) is 14.6 Å². The van der Waals surface area contributed by atoms with Crippen molar-refractivity contribution in [3.8, 4) is 5.75 Å². The van der Waals surface area contributed by atoms with Crippen LogP contribution in [-0.2, 0) is 21.6 Å². The Kier molecular flexibility index (Phi) is 2.74. The van der Waals surface area contributed by atoms with Gasteiger partial charge in [0.15, 0.2) is 0 Å². The molecule has 0 aromatic heterocycles. The van der Waals surface area contributed by atoms with Crippen molar-refractivity contribution in [2.75, 3.05) is 13.2 Å². The Balaban J connectivity index is 1.93. The second-order valence-electron chi connectivity index (χ2n) is 4.94. The highest BCUT2D eigenvalue weighted by Crippen LogP contribution is 2.42. The van der Waals surface area contributed by atoms with Gasteiger partial charge in [-0.05, 0) is 36.1 Å². The number of hydrogen-bond donors (Lipinski definition) is 1. The summed E-state index contributed by atoms with van der Waals surface area (Å²) in [5.41, 5.74) is 1.53. The first-order chi connectivity index (χ1) is 8.70. The SMILES string of the molecule is O=C(O)CC1(c2ccc3c(c2)CCCO3)CCO1. The molecule has 0 spiro atoms. The second kappa shape index (κ2) is 4.28. The number of carboxylic acid groups (broad SMARTS) is 1. The highest BCUT2D eigenvalue weighted by molar-refractivity contribution is 5.69. The Labute approximate surface area is 106 Å². The van der Waals surface area contributed by atoms with Gasteiger partial charge in [-0.15, -0.1) is 0 Å². The van der Waals surface area contributed by atoms with Crippen LogP contribution in [0.1, 0.15) is 30.4 Å². The molecule has 0 radical (unpaired) electrons. The first-order valence-electron chi connectivity index (χ1n) is 6.32. The van der Waals surface area contributed by atoms with Crippen molar-refractivity contribution in [2.24, 2.45) is 0 Å². The zero-order chi connectivity index (χ0) is 12.6. The molecule has 1 N–H and O–H groups in total. The van der Waals surface area contributed by atoms with Gasteiger partial charge in [0.2, 0.25) is 0 Å². The van der Waals surface area contributed by atoms with E-state index in [-0.39, 0.29) is 6.42 Å². The number of fused-ring (bicyclic) bond motifs is 1. The lowest BCUT2D eigenvalue weighted by molar-refractivity contribution is -0.176. The van der Waals surface area contributed by atoms with Crippen molar-refractivity contribution in [1.29, 1.82) is 0 Å². The average molecular weight is 248 g/mol. The number of ether oxygens (including phenoxy) is 2. The van der Waals surface area contributed by atoms with Gasteiger partial charge in [-0.1, -0.05) is 6.07 Å². The van der Waals surface area contributed by atoms with Gasteiger partial charge in [0.25, 0.3) is 0 Å². The summed E-state index contributed by atoms with van der Waals surface area (Å²) in [5, 5.41) is 9.01. The summed E-state index contributed by atoms with van der Waals surface area (Å²) in [4.78, 5) is 11.0. The molecule has 1 fully saturated rings. The fourth-order valence-electron chi connectivity index (χ4n) is 2.71. The van der Waals surface area contributed by atoms with E-state index < -0.39 is 11.6 Å². The molecule has 4 nitrogen and oxygen atoms in total. The van der Waals surface area contributed by atoms with Crippen molar-refractivity contribution < 1.29 is 19.4 Å². The van der Waals surface area contributed by atoms with E-state index in [1.54, 1.807) is 0 Å². The number of benzene rings is 1. The first kappa shape index (κ1) is 11.5. The lowest BCUT2D eigenvalue weighted by Crippen LogP contribution is -2.42. The molecule has 4 heteroatoms. The Morgan fingerprint density at radius 3 is 2.89 bits per heavy atom. The Hall–Kier alpha value is -1.55. The minimum absolute atomic E-state index is 0.0344. The van der Waals surface area contributed by atoms with E-state index in [0.717, 1.165) is 37.2 Å². The number of aliphatic carboxylic acids is 1. The van der Waals surface area contributed by atoms with Crippen LogP contribution in [0.3, 0.4) is 0 Å². The molecule has 3 rings (SSSR count). The van der Waals surface area contributed by atoms with Crippen LogP contribution < -0.4 is 4.74 Å². The zero-order valence-corrected chi connectivity index (χ0v) is 10.1. The van der Waals surface area contributed by atoms with Crippen molar-refractivity contribution in [1.82, 2.24) is 0 Å². The van der Waals surface area contributed by atoms with Gasteiger partial charge in [-0.3, -0.25) is 4.79 Å². The maximum atomic E-state index is 11.0. The second-order valence-corrected chi connectivity index (χ2v) is 4.94. The fraction of sp³-hybridized carbons (Fsp3) is 0.500. The molecular weight excluding hydrogens is 232 g/mol. The Morgan fingerprint density at radius 1 is 1.39 bits per heavy atom. The molecular formula is C14H16O4. The number of aryl methyl sites for hydroxylation is 1. The molecule has 2 aliphatic heterocycles. The Morgan fingerprint density at radius 2 is 2.22 bits per heavy atom. The standard InChI is InChI=1S/C14H16O4/c15-13(16)9-14(5-7-18-14)11-3-4-12-10(8-11)2-1-6-17-12/h3-4,8H,1-2,5-7,9H2,(H,15,16). The fourth-order valence-corrected chi connectivity index (χ4v) is 2.71. The van der Waals surface area contributed by atoms with Gasteiger partial charge < -0.3 is 14.6 Å². The predicted molar refractivity (Wildman–Crippen MR) is 64.8 cm³/mol. The predicted octanol–water partition coefficient (Wildman–Crippen LogP) is 2.10. The summed E-state index contributed by atoms with van der Waals surface area (Å²) >= 11 is 0. The third kappa shape index (κ3) is 1.86. The van der Waals surface area contributed by atoms with E-state index in [1.807, 2.05) is 12.1 Å². The van der Waals surface area contributed by atoms with Gasteiger partial charge in [-0.2, -0.15) is 0 Å². The average Bonchev–Trinajstić information content (AvgIpc) is 2.33. The van der Waals surface area contributed by atoms with Crippen LogP contribution in [0.25, 0.3) is 0 Å². The summed E-state index contributed by atoms with van der Waals surface area (Å²) in [6.07, 6.45) is 2.82. The lowest BCUT2D eigenvalue weighted by Gasteiger charge is -2.41. The number of hydrogen-bond acceptors (Lipinski definition) is 3. The molecule has 0 amide bonds. The van der Waals surface area contributed by atoms with Gasteiger partial charge >= 0.3 is 5.97 Å². The van der Waals surface area contributed by atoms with Gasteiger partial charge in [0.1, 0.15) is 11.4 Å². The minimum atomic E-state index is -0.816. The van der Waals surface area contributed by atoms with Gasteiger partial charge in [0.05, 0.1) is 19.6 Å². The van der Waals surface area contributed by atoms with E-state index in [0.29, 0.717) is 6.61 Å². The highest BCUT2D eigenvalue weighted by atomic mass is 16.5. The molecule has 18 heavy (non-hydrogen) atoms. The molecule has 1 aromatic rings. The summed E-state index contributed by atoms with van der Waals surface area (Å²) in [5.74, 6) is 0.110. The molecule has 1 unspecified atom stereocenters. The van der Waals surface area contributed by atoms with E-state index in [2.05, 4.69) is 6.07 Å². The summed E-state index contributed by atoms with van der Waals surface area (Å²) in [6, 6.07) is 5.93. The molecule has 0 saturated carbocycles. The van der Waals surface area contributed by atoms with Crippen LogP contribution in [0.15, 0.2) is 18.2 Å². The third-order valence-corrected chi connectivity index (χ3v) is 3.76. The lowest BCUT2D eigenvalue weighted by atomic mass is 9.82. The number of rotatable bonds is 3. The summed E-state index contributed by atoms with van der Waals surface area (Å²) < 4.78 is 11.2. The minimum Gasteiger partial charge on any atom is -0.493 e. The normalized spacial score (nSPS) is 25.8. The van der Waals surface area contributed by atoms with Crippen molar-refractivity contribution in [2.45, 2.75) is 31.3 Å². The zero-order valence-electron chi connectivity index (χ0n) is 10.1. The summed E-state index contributed by atoms with van der Waals surface area (Å²) in [7, 11) is 0. The Bertz CT molecular complexity index is 477. The third-order valence-electron chi connectivity index (χ3n) is 3.76. The molecule has 2 heterocycles. The van der Waals surface area contributed by atoms with Gasteiger partial charge in [0, 0.05) is 6.42 Å². The smallest absolute Gasteiger partial charge is 0.306 e. The highest BCUT2D eigenvalue weighted by Gasteiger charge is 2.42. The molecule has 0 aliphatic carbocycles. The van der Waals surface area contributed by atoms with Crippen LogP contribution in [-0.4, -0.2) is 24.3 Å². The van der Waals surface area contributed by atoms with Crippen molar-refractivity contribution in [3.63, 3.8) is 0 Å². The van der Waals surface area contributed by atoms with Crippen LogP contribution in [0.5, 0.6) is 5.75 Å². The molecule has 96 valence electrons. The molecule has 0 bridgehead atoms. The van der Waals surface area contributed by atoms with Crippen molar-refractivity contribution >= 4 is 5.97 Å². The van der Waals surface area contributed by atoms with Gasteiger partial charge in [-0.25, -0.2) is 0 Å². The molecule has 1 saturated heterocycles. The number of carboxylic acids is 1. The monoisotopic (exact) mass is 248 g/mol. The maximum Gasteiger partial charge on any atom is 0.306 e. The largest absolute Gasteiger partial charge is 0.493 e. The molecule has 2 aliphatic rings. The van der Waals surface area contributed by atoms with Crippen LogP contribution in [0, 0.1) is 0 Å². The quantitative estimate of drug-likeness (QED) is 0.890. The molecule has 1 aromatic carbocycles. The number of carbonyl (C=O) groups is 1. The van der Waals surface area contributed by atoms with E-state index >= 15 is 0 Å². The van der Waals surface area contributed by atoms with Crippen LogP contribution >= 0.6 is 0 Å². The molecule has 1 atom stereocenters. The van der Waals surface area contributed by atoms with Crippen molar-refractivity contribution in [3.05, 3.63) is 29.3 Å². The van der Waals surface area contributed by atoms with E-state index in [1.165, 1.54) is 5.56 Å². The summed E-state index contributed by atoms with van der Waals surface area (Å²) in [6.45, 7) is 1.41.